The molecule has 1 spiro atoms. The Morgan fingerprint density at radius 2 is 1.95 bits per heavy atom. The molecule has 3 rings (SSSR count). The van der Waals surface area contributed by atoms with Gasteiger partial charge < -0.3 is 5.73 Å². The molecule has 21 heavy (non-hydrogen) atoms. The third-order valence-electron chi connectivity index (χ3n) is 4.19. The standard InChI is InChI=1S/C18H20N2O/c1-12-10-18(9-8-15(12)21)11-17(2,3)20-16(18)13-6-4-5-7-14(13)19/h4-10H,11,19H2,1-3H3. The lowest BCUT2D eigenvalue weighted by Gasteiger charge is -2.29. The predicted molar refractivity (Wildman–Crippen MR) is 86.4 cm³/mol. The van der Waals surface area contributed by atoms with Crippen molar-refractivity contribution in [1.29, 1.82) is 0 Å². The van der Waals surface area contributed by atoms with E-state index in [2.05, 4.69) is 19.9 Å². The fraction of sp³-hybridized carbons (Fsp3) is 0.333. The van der Waals surface area contributed by atoms with Crippen LogP contribution in [0.15, 0.2) is 53.1 Å². The number of para-hydroxylation sites is 1. The van der Waals surface area contributed by atoms with Crippen molar-refractivity contribution < 1.29 is 4.79 Å². The zero-order valence-corrected chi connectivity index (χ0v) is 12.7. The molecule has 1 unspecified atom stereocenters. The van der Waals surface area contributed by atoms with E-state index in [-0.39, 0.29) is 16.7 Å². The number of aliphatic imine (C=N–C) groups is 1. The fourth-order valence-corrected chi connectivity index (χ4v) is 3.39. The highest BCUT2D eigenvalue weighted by atomic mass is 16.1. The molecule has 2 N–H and O–H groups in total. The average molecular weight is 280 g/mol. The largest absolute Gasteiger partial charge is 0.398 e. The summed E-state index contributed by atoms with van der Waals surface area (Å²) in [6.45, 7) is 6.10. The molecule has 0 fully saturated rings. The highest BCUT2D eigenvalue weighted by Crippen LogP contribution is 2.46. The Balaban J connectivity index is 2.19. The summed E-state index contributed by atoms with van der Waals surface area (Å²) < 4.78 is 0. The average Bonchev–Trinajstić information content (AvgIpc) is 2.66. The van der Waals surface area contributed by atoms with Crippen LogP contribution in [-0.2, 0) is 4.79 Å². The van der Waals surface area contributed by atoms with Gasteiger partial charge in [-0.3, -0.25) is 9.79 Å². The zero-order chi connectivity index (χ0) is 15.3. The summed E-state index contributed by atoms with van der Waals surface area (Å²) in [5.74, 6) is 0.0747. The third kappa shape index (κ3) is 2.23. The first kappa shape index (κ1) is 13.8. The summed E-state index contributed by atoms with van der Waals surface area (Å²) in [4.78, 5) is 16.7. The molecule has 0 radical (unpaired) electrons. The van der Waals surface area contributed by atoms with Gasteiger partial charge in [-0.25, -0.2) is 0 Å². The number of benzene rings is 1. The van der Waals surface area contributed by atoms with Crippen LogP contribution in [0.5, 0.6) is 0 Å². The molecular formula is C18H20N2O. The Hall–Kier alpha value is -2.16. The van der Waals surface area contributed by atoms with Crippen LogP contribution in [0.25, 0.3) is 0 Å². The highest BCUT2D eigenvalue weighted by molar-refractivity contribution is 6.15. The Bertz CT molecular complexity index is 710. The van der Waals surface area contributed by atoms with E-state index >= 15 is 0 Å². The van der Waals surface area contributed by atoms with Crippen molar-refractivity contribution in [2.24, 2.45) is 10.4 Å². The minimum atomic E-state index is -0.322. The lowest BCUT2D eigenvalue weighted by atomic mass is 9.71. The molecular weight excluding hydrogens is 260 g/mol. The van der Waals surface area contributed by atoms with Crippen molar-refractivity contribution in [2.75, 3.05) is 5.73 Å². The van der Waals surface area contributed by atoms with Gasteiger partial charge >= 0.3 is 0 Å². The second-order valence-corrected chi connectivity index (χ2v) is 6.60. The molecule has 1 atom stereocenters. The summed E-state index contributed by atoms with van der Waals surface area (Å²) >= 11 is 0. The van der Waals surface area contributed by atoms with E-state index < -0.39 is 0 Å². The number of hydrogen-bond acceptors (Lipinski definition) is 3. The van der Waals surface area contributed by atoms with Crippen molar-refractivity contribution in [3.05, 3.63) is 53.6 Å². The molecule has 0 saturated heterocycles. The van der Waals surface area contributed by atoms with E-state index in [0.29, 0.717) is 0 Å². The van der Waals surface area contributed by atoms with Gasteiger partial charge in [-0.1, -0.05) is 30.4 Å². The first-order valence-electron chi connectivity index (χ1n) is 7.21. The maximum atomic E-state index is 11.8. The van der Waals surface area contributed by atoms with Gasteiger partial charge in [-0.05, 0) is 44.9 Å². The number of allylic oxidation sites excluding steroid dienone is 4. The molecule has 1 aliphatic heterocycles. The monoisotopic (exact) mass is 280 g/mol. The van der Waals surface area contributed by atoms with Gasteiger partial charge in [0.2, 0.25) is 0 Å². The molecule has 1 aliphatic carbocycles. The lowest BCUT2D eigenvalue weighted by molar-refractivity contribution is -0.111. The van der Waals surface area contributed by atoms with Gasteiger partial charge in [0.05, 0.1) is 16.7 Å². The Labute approximate surface area is 125 Å². The van der Waals surface area contributed by atoms with E-state index in [1.165, 1.54) is 0 Å². The predicted octanol–water partition coefficient (Wildman–Crippen LogP) is 3.31. The molecule has 0 aromatic heterocycles. The van der Waals surface area contributed by atoms with Crippen LogP contribution < -0.4 is 5.73 Å². The van der Waals surface area contributed by atoms with Gasteiger partial charge in [-0.15, -0.1) is 0 Å². The number of nitrogen functional groups attached to an aromatic ring is 1. The molecule has 0 bridgehead atoms. The van der Waals surface area contributed by atoms with Crippen LogP contribution in [0, 0.1) is 5.41 Å². The molecule has 1 heterocycles. The Morgan fingerprint density at radius 3 is 2.62 bits per heavy atom. The van der Waals surface area contributed by atoms with Crippen molar-refractivity contribution in [3.63, 3.8) is 0 Å². The van der Waals surface area contributed by atoms with Crippen molar-refractivity contribution in [1.82, 2.24) is 0 Å². The van der Waals surface area contributed by atoms with Crippen molar-refractivity contribution in [2.45, 2.75) is 32.7 Å². The second-order valence-electron chi connectivity index (χ2n) is 6.60. The molecule has 108 valence electrons. The first-order chi connectivity index (χ1) is 9.83. The van der Waals surface area contributed by atoms with E-state index in [1.54, 1.807) is 6.08 Å². The Morgan fingerprint density at radius 1 is 1.24 bits per heavy atom. The summed E-state index contributed by atoms with van der Waals surface area (Å²) in [6.07, 6.45) is 6.56. The zero-order valence-electron chi connectivity index (χ0n) is 12.7. The van der Waals surface area contributed by atoms with Crippen LogP contribution in [0.3, 0.4) is 0 Å². The van der Waals surface area contributed by atoms with Crippen molar-refractivity contribution >= 4 is 17.2 Å². The normalized spacial score (nSPS) is 26.9. The maximum Gasteiger partial charge on any atom is 0.180 e. The number of nitrogens with zero attached hydrogens (tertiary/aromatic N) is 1. The molecule has 2 aliphatic rings. The topological polar surface area (TPSA) is 55.5 Å². The van der Waals surface area contributed by atoms with E-state index in [9.17, 15) is 4.79 Å². The van der Waals surface area contributed by atoms with Crippen LogP contribution >= 0.6 is 0 Å². The molecule has 0 amide bonds. The Kier molecular flexibility index (Phi) is 2.90. The summed E-state index contributed by atoms with van der Waals surface area (Å²) in [5.41, 5.74) is 9.09. The number of rotatable bonds is 1. The van der Waals surface area contributed by atoms with Gasteiger partial charge in [0.15, 0.2) is 5.78 Å². The van der Waals surface area contributed by atoms with Gasteiger partial charge in [-0.2, -0.15) is 0 Å². The maximum absolute atomic E-state index is 11.8. The SMILES string of the molecule is CC1=CC2(C=CC1=O)CC(C)(C)N=C2c1ccccc1N. The smallest absolute Gasteiger partial charge is 0.180 e. The lowest BCUT2D eigenvalue weighted by Crippen LogP contribution is -2.30. The highest BCUT2D eigenvalue weighted by Gasteiger charge is 2.45. The van der Waals surface area contributed by atoms with Gasteiger partial charge in [0.25, 0.3) is 0 Å². The van der Waals surface area contributed by atoms with Crippen LogP contribution in [0.2, 0.25) is 0 Å². The van der Waals surface area contributed by atoms with Crippen LogP contribution in [-0.4, -0.2) is 17.0 Å². The molecule has 1 aromatic carbocycles. The fourth-order valence-electron chi connectivity index (χ4n) is 3.39. The molecule has 3 nitrogen and oxygen atoms in total. The van der Waals surface area contributed by atoms with Crippen LogP contribution in [0.4, 0.5) is 5.69 Å². The first-order valence-corrected chi connectivity index (χ1v) is 7.21. The number of anilines is 1. The third-order valence-corrected chi connectivity index (χ3v) is 4.19. The number of carbonyl (C=O) groups is 1. The van der Waals surface area contributed by atoms with E-state index in [0.717, 1.165) is 29.0 Å². The number of hydrogen-bond donors (Lipinski definition) is 1. The molecule has 1 aromatic rings. The number of carbonyl (C=O) groups excluding carboxylic acids is 1. The van der Waals surface area contributed by atoms with Gasteiger partial charge in [0, 0.05) is 11.3 Å². The van der Waals surface area contributed by atoms with E-state index in [1.807, 2.05) is 37.3 Å². The van der Waals surface area contributed by atoms with Gasteiger partial charge in [0.1, 0.15) is 0 Å². The quantitative estimate of drug-likeness (QED) is 0.802. The van der Waals surface area contributed by atoms with E-state index in [4.69, 9.17) is 10.7 Å². The second kappa shape index (κ2) is 4.42. The van der Waals surface area contributed by atoms with Crippen molar-refractivity contribution in [3.8, 4) is 0 Å². The minimum Gasteiger partial charge on any atom is -0.398 e. The molecule has 3 heteroatoms. The number of ketones is 1. The summed E-state index contributed by atoms with van der Waals surface area (Å²) in [5, 5.41) is 0. The summed E-state index contributed by atoms with van der Waals surface area (Å²) in [7, 11) is 0. The summed E-state index contributed by atoms with van der Waals surface area (Å²) in [6, 6.07) is 7.80. The minimum absolute atomic E-state index is 0.0747. The molecule has 0 saturated carbocycles. The number of nitrogens with two attached hydrogens (primary N) is 1. The van der Waals surface area contributed by atoms with Crippen LogP contribution in [0.1, 0.15) is 32.8 Å².